The molecule has 6 heteroatoms. The van der Waals surface area contributed by atoms with Crippen molar-refractivity contribution in [3.63, 3.8) is 0 Å². The minimum Gasteiger partial charge on any atom is -0.481 e. The van der Waals surface area contributed by atoms with Crippen LogP contribution in [0.25, 0.3) is 10.8 Å². The summed E-state index contributed by atoms with van der Waals surface area (Å²) < 4.78 is 17.8. The van der Waals surface area contributed by atoms with Gasteiger partial charge in [0.15, 0.2) is 0 Å². The lowest BCUT2D eigenvalue weighted by Crippen LogP contribution is -2.05. The van der Waals surface area contributed by atoms with E-state index >= 15 is 0 Å². The molecule has 0 heterocycles. The second kappa shape index (κ2) is 8.38. The fraction of sp³-hybridized carbons (Fsp3) is 0.190. The number of carboxylic acid groups (broad SMARTS) is 1. The molecule has 5 nitrogen and oxygen atoms in total. The summed E-state index contributed by atoms with van der Waals surface area (Å²) >= 11 is 0. The summed E-state index contributed by atoms with van der Waals surface area (Å²) in [6, 6.07) is 20.5. The zero-order valence-corrected chi connectivity index (χ0v) is 15.6. The normalized spacial score (nSPS) is 13.2. The van der Waals surface area contributed by atoms with E-state index in [1.54, 1.807) is 18.2 Å². The maximum absolute atomic E-state index is 12.5. The summed E-state index contributed by atoms with van der Waals surface area (Å²) in [7, 11) is -3.88. The van der Waals surface area contributed by atoms with Crippen molar-refractivity contribution in [1.82, 2.24) is 0 Å². The average molecular weight is 384 g/mol. The van der Waals surface area contributed by atoms with Gasteiger partial charge >= 0.3 is 13.6 Å². The van der Waals surface area contributed by atoms with E-state index in [2.05, 4.69) is 0 Å². The molecule has 0 aromatic heterocycles. The Balaban J connectivity index is 1.65. The number of benzene rings is 3. The number of aliphatic carboxylic acids is 1. The van der Waals surface area contributed by atoms with Gasteiger partial charge in [-0.1, -0.05) is 60.7 Å². The van der Waals surface area contributed by atoms with E-state index < -0.39 is 13.6 Å². The van der Waals surface area contributed by atoms with Crippen LogP contribution in [0.2, 0.25) is 0 Å². The van der Waals surface area contributed by atoms with Gasteiger partial charge in [-0.3, -0.25) is 4.79 Å². The van der Waals surface area contributed by atoms with Gasteiger partial charge in [0.25, 0.3) is 0 Å². The number of carboxylic acids is 1. The Morgan fingerprint density at radius 2 is 1.59 bits per heavy atom. The number of hydrogen-bond donors (Lipinski definition) is 2. The molecule has 27 heavy (non-hydrogen) atoms. The topological polar surface area (TPSA) is 83.8 Å². The third kappa shape index (κ3) is 5.19. The largest absolute Gasteiger partial charge is 0.481 e. The van der Waals surface area contributed by atoms with Crippen molar-refractivity contribution in [2.45, 2.75) is 19.3 Å². The standard InChI is InChI=1S/C21H21O5P/c22-21(23)15-18-8-2-4-13-20(18)26-27(24,25)14-6-11-17-10-5-9-16-7-1-3-12-19(16)17/h1-5,7-10,12-13H,6,11,14-15H2,(H,22,23)(H,24,25). The van der Waals surface area contributed by atoms with Gasteiger partial charge in [-0.25, -0.2) is 4.57 Å². The van der Waals surface area contributed by atoms with Crippen LogP contribution in [-0.2, 0) is 22.2 Å². The zero-order chi connectivity index (χ0) is 19.3. The summed E-state index contributed by atoms with van der Waals surface area (Å²) in [4.78, 5) is 21.1. The molecule has 0 radical (unpaired) electrons. The summed E-state index contributed by atoms with van der Waals surface area (Å²) in [6.45, 7) is 0. The molecule has 0 aliphatic heterocycles. The predicted octanol–water partition coefficient (Wildman–Crippen LogP) is 4.66. The van der Waals surface area contributed by atoms with Gasteiger partial charge in [0.1, 0.15) is 5.75 Å². The minimum atomic E-state index is -3.88. The molecule has 3 aromatic carbocycles. The van der Waals surface area contributed by atoms with E-state index in [0.29, 0.717) is 18.4 Å². The first-order valence-corrected chi connectivity index (χ1v) is 10.5. The number of aryl methyl sites for hydroxylation is 1. The van der Waals surface area contributed by atoms with E-state index in [4.69, 9.17) is 9.63 Å². The molecule has 0 aliphatic rings. The Morgan fingerprint density at radius 3 is 2.41 bits per heavy atom. The molecular formula is C21H21O5P. The lowest BCUT2D eigenvalue weighted by atomic mass is 10.0. The summed E-state index contributed by atoms with van der Waals surface area (Å²) in [5, 5.41) is 11.2. The monoisotopic (exact) mass is 384 g/mol. The van der Waals surface area contributed by atoms with Crippen LogP contribution in [0.15, 0.2) is 66.7 Å². The minimum absolute atomic E-state index is 0.00235. The van der Waals surface area contributed by atoms with Crippen LogP contribution in [0.5, 0.6) is 5.75 Å². The maximum atomic E-state index is 12.5. The molecule has 140 valence electrons. The van der Waals surface area contributed by atoms with Crippen molar-refractivity contribution in [2.24, 2.45) is 0 Å². The quantitative estimate of drug-likeness (QED) is 0.552. The first kappa shape index (κ1) is 19.2. The molecule has 3 rings (SSSR count). The van der Waals surface area contributed by atoms with Crippen LogP contribution in [0.3, 0.4) is 0 Å². The van der Waals surface area contributed by atoms with E-state index in [1.165, 1.54) is 6.07 Å². The average Bonchev–Trinajstić information content (AvgIpc) is 2.63. The molecule has 0 fully saturated rings. The summed E-state index contributed by atoms with van der Waals surface area (Å²) in [6.07, 6.45) is 0.888. The Kier molecular flexibility index (Phi) is 5.94. The highest BCUT2D eigenvalue weighted by molar-refractivity contribution is 7.53. The van der Waals surface area contributed by atoms with Crippen molar-refractivity contribution in [3.05, 3.63) is 77.9 Å². The first-order valence-electron chi connectivity index (χ1n) is 8.72. The molecule has 0 aliphatic carbocycles. The fourth-order valence-corrected chi connectivity index (χ4v) is 4.22. The highest BCUT2D eigenvalue weighted by Gasteiger charge is 2.22. The molecule has 2 N–H and O–H groups in total. The second-order valence-electron chi connectivity index (χ2n) is 6.37. The SMILES string of the molecule is O=C(O)Cc1ccccc1OP(=O)(O)CCCc1cccc2ccccc12. The second-order valence-corrected chi connectivity index (χ2v) is 8.28. The molecule has 0 bridgehead atoms. The van der Waals surface area contributed by atoms with E-state index in [1.807, 2.05) is 42.5 Å². The Morgan fingerprint density at radius 1 is 0.926 bits per heavy atom. The first-order chi connectivity index (χ1) is 12.9. The maximum Gasteiger partial charge on any atom is 0.376 e. The van der Waals surface area contributed by atoms with Crippen LogP contribution in [-0.4, -0.2) is 22.1 Å². The van der Waals surface area contributed by atoms with Gasteiger partial charge in [-0.2, -0.15) is 0 Å². The molecule has 1 unspecified atom stereocenters. The summed E-state index contributed by atoms with van der Waals surface area (Å²) in [5.41, 5.74) is 1.51. The Labute approximate surface area is 157 Å². The van der Waals surface area contributed by atoms with E-state index in [-0.39, 0.29) is 18.3 Å². The number of fused-ring (bicyclic) bond motifs is 1. The molecule has 0 saturated heterocycles. The number of rotatable bonds is 8. The molecule has 0 amide bonds. The van der Waals surface area contributed by atoms with Gasteiger partial charge in [-0.15, -0.1) is 0 Å². The Bertz CT molecular complexity index is 993. The number of hydrogen-bond acceptors (Lipinski definition) is 3. The lowest BCUT2D eigenvalue weighted by Gasteiger charge is -2.16. The molecular weight excluding hydrogens is 363 g/mol. The van der Waals surface area contributed by atoms with Gasteiger partial charge in [-0.05, 0) is 35.2 Å². The van der Waals surface area contributed by atoms with Gasteiger partial charge < -0.3 is 14.5 Å². The van der Waals surface area contributed by atoms with Crippen molar-refractivity contribution in [3.8, 4) is 5.75 Å². The van der Waals surface area contributed by atoms with Crippen molar-refractivity contribution in [1.29, 1.82) is 0 Å². The van der Waals surface area contributed by atoms with Gasteiger partial charge in [0, 0.05) is 5.56 Å². The van der Waals surface area contributed by atoms with Gasteiger partial charge in [0.2, 0.25) is 0 Å². The lowest BCUT2D eigenvalue weighted by molar-refractivity contribution is -0.136. The van der Waals surface area contributed by atoms with Crippen LogP contribution in [0.4, 0.5) is 0 Å². The third-order valence-electron chi connectivity index (χ3n) is 4.32. The van der Waals surface area contributed by atoms with Gasteiger partial charge in [0.05, 0.1) is 12.6 Å². The van der Waals surface area contributed by atoms with Crippen molar-refractivity contribution >= 4 is 24.3 Å². The molecule has 0 spiro atoms. The zero-order valence-electron chi connectivity index (χ0n) is 14.7. The van der Waals surface area contributed by atoms with Crippen LogP contribution >= 0.6 is 7.60 Å². The van der Waals surface area contributed by atoms with Crippen molar-refractivity contribution in [2.75, 3.05) is 6.16 Å². The van der Waals surface area contributed by atoms with Crippen LogP contribution < -0.4 is 4.52 Å². The number of para-hydroxylation sites is 1. The molecule has 1 atom stereocenters. The van der Waals surface area contributed by atoms with Crippen LogP contribution in [0.1, 0.15) is 17.5 Å². The number of carbonyl (C=O) groups is 1. The van der Waals surface area contributed by atoms with E-state index in [0.717, 1.165) is 16.3 Å². The smallest absolute Gasteiger partial charge is 0.376 e. The van der Waals surface area contributed by atoms with Crippen molar-refractivity contribution < 1.29 is 23.9 Å². The highest BCUT2D eigenvalue weighted by Crippen LogP contribution is 2.44. The highest BCUT2D eigenvalue weighted by atomic mass is 31.2. The summed E-state index contributed by atoms with van der Waals surface area (Å²) in [5.74, 6) is -0.870. The van der Waals surface area contributed by atoms with Crippen LogP contribution in [0, 0.1) is 0 Å². The third-order valence-corrected chi connectivity index (χ3v) is 5.69. The predicted molar refractivity (Wildman–Crippen MR) is 105 cm³/mol. The molecule has 3 aromatic rings. The molecule has 0 saturated carbocycles. The Hall–Kier alpha value is -2.62. The fourth-order valence-electron chi connectivity index (χ4n) is 3.08. The van der Waals surface area contributed by atoms with E-state index in [9.17, 15) is 14.3 Å².